The first-order valence-electron chi connectivity index (χ1n) is 5.88. The van der Waals surface area contributed by atoms with E-state index in [1.807, 2.05) is 0 Å². The van der Waals surface area contributed by atoms with E-state index in [1.165, 1.54) is 0 Å². The normalized spacial score (nSPS) is 14.5. The molecule has 0 aliphatic heterocycles. The van der Waals surface area contributed by atoms with Crippen LogP contribution in [0.1, 0.15) is 20.3 Å². The standard InChI is InChI=1S/C10H18F3NO5S/c1-3-19-6-4-5-14(7-10(11,12)13)20(17,18)8(2)9(15)16/h8H,3-7H2,1-2H3,(H,15,16). The van der Waals surface area contributed by atoms with E-state index in [9.17, 15) is 26.4 Å². The number of sulfonamides is 1. The van der Waals surface area contributed by atoms with Crippen LogP contribution in [-0.2, 0) is 19.6 Å². The van der Waals surface area contributed by atoms with Crippen molar-refractivity contribution >= 4 is 16.0 Å². The fourth-order valence-corrected chi connectivity index (χ4v) is 2.75. The largest absolute Gasteiger partial charge is 0.480 e. The highest BCUT2D eigenvalue weighted by atomic mass is 32.2. The molecular formula is C10H18F3NO5S. The Balaban J connectivity index is 4.96. The van der Waals surface area contributed by atoms with Crippen LogP contribution in [0.25, 0.3) is 0 Å². The molecule has 0 saturated carbocycles. The Kier molecular flexibility index (Phi) is 7.45. The molecule has 6 nitrogen and oxygen atoms in total. The maximum absolute atomic E-state index is 12.4. The van der Waals surface area contributed by atoms with E-state index in [-0.39, 0.29) is 17.3 Å². The van der Waals surface area contributed by atoms with Crippen molar-refractivity contribution in [1.82, 2.24) is 4.31 Å². The second-order valence-corrected chi connectivity index (χ2v) is 6.28. The van der Waals surface area contributed by atoms with Gasteiger partial charge in [0.15, 0.2) is 5.25 Å². The van der Waals surface area contributed by atoms with Crippen LogP contribution < -0.4 is 0 Å². The first kappa shape index (κ1) is 19.1. The molecule has 1 N–H and O–H groups in total. The van der Waals surface area contributed by atoms with Crippen LogP contribution in [0.4, 0.5) is 13.2 Å². The number of nitrogens with zero attached hydrogens (tertiary/aromatic N) is 1. The Morgan fingerprint density at radius 1 is 1.40 bits per heavy atom. The first-order valence-corrected chi connectivity index (χ1v) is 7.39. The van der Waals surface area contributed by atoms with Gasteiger partial charge in [0.25, 0.3) is 0 Å². The molecule has 0 fully saturated rings. The van der Waals surface area contributed by atoms with Crippen molar-refractivity contribution < 1.29 is 36.2 Å². The molecule has 0 heterocycles. The SMILES string of the molecule is CCOCCCN(CC(F)(F)F)S(=O)(=O)C(C)C(=O)O. The maximum Gasteiger partial charge on any atom is 0.402 e. The predicted molar refractivity (Wildman–Crippen MR) is 64.8 cm³/mol. The van der Waals surface area contributed by atoms with Gasteiger partial charge in [0.05, 0.1) is 0 Å². The van der Waals surface area contributed by atoms with Crippen molar-refractivity contribution in [3.63, 3.8) is 0 Å². The van der Waals surface area contributed by atoms with Crippen LogP contribution in [0.2, 0.25) is 0 Å². The Labute approximate surface area is 115 Å². The number of carbonyl (C=O) groups is 1. The topological polar surface area (TPSA) is 83.9 Å². The average Bonchev–Trinajstić information content (AvgIpc) is 2.30. The molecule has 0 aromatic heterocycles. The van der Waals surface area contributed by atoms with Crippen molar-refractivity contribution in [3.8, 4) is 0 Å². The summed E-state index contributed by atoms with van der Waals surface area (Å²) in [6, 6.07) is 0. The molecule has 0 aliphatic rings. The molecule has 0 aliphatic carbocycles. The number of aliphatic carboxylic acids is 1. The Morgan fingerprint density at radius 3 is 2.35 bits per heavy atom. The lowest BCUT2D eigenvalue weighted by Crippen LogP contribution is -2.46. The minimum absolute atomic E-state index is 0.0511. The zero-order valence-corrected chi connectivity index (χ0v) is 12.0. The molecule has 0 radical (unpaired) electrons. The minimum Gasteiger partial charge on any atom is -0.480 e. The van der Waals surface area contributed by atoms with Crippen LogP contribution >= 0.6 is 0 Å². The summed E-state index contributed by atoms with van der Waals surface area (Å²) >= 11 is 0. The molecule has 1 atom stereocenters. The Morgan fingerprint density at radius 2 is 1.95 bits per heavy atom. The zero-order valence-electron chi connectivity index (χ0n) is 11.2. The quantitative estimate of drug-likeness (QED) is 0.643. The molecular weight excluding hydrogens is 303 g/mol. The highest BCUT2D eigenvalue weighted by Crippen LogP contribution is 2.21. The summed E-state index contributed by atoms with van der Waals surface area (Å²) in [5.74, 6) is -1.69. The molecule has 0 aromatic carbocycles. The fourth-order valence-electron chi connectivity index (χ4n) is 1.33. The maximum atomic E-state index is 12.4. The lowest BCUT2D eigenvalue weighted by atomic mass is 10.4. The summed E-state index contributed by atoms with van der Waals surface area (Å²) in [5.41, 5.74) is 0. The van der Waals surface area contributed by atoms with Crippen LogP contribution in [0, 0.1) is 0 Å². The molecule has 0 spiro atoms. The van der Waals surface area contributed by atoms with Crippen molar-refractivity contribution in [2.45, 2.75) is 31.7 Å². The zero-order chi connectivity index (χ0) is 16.0. The van der Waals surface area contributed by atoms with Gasteiger partial charge >= 0.3 is 12.1 Å². The Bertz CT molecular complexity index is 410. The average molecular weight is 321 g/mol. The van der Waals surface area contributed by atoms with Crippen molar-refractivity contribution in [1.29, 1.82) is 0 Å². The van der Waals surface area contributed by atoms with Crippen molar-refractivity contribution in [3.05, 3.63) is 0 Å². The van der Waals surface area contributed by atoms with Gasteiger partial charge in [-0.3, -0.25) is 4.79 Å². The number of alkyl halides is 3. The van der Waals surface area contributed by atoms with E-state index in [2.05, 4.69) is 0 Å². The fraction of sp³-hybridized carbons (Fsp3) is 0.900. The van der Waals surface area contributed by atoms with Gasteiger partial charge in [-0.25, -0.2) is 8.42 Å². The highest BCUT2D eigenvalue weighted by molar-refractivity contribution is 7.90. The van der Waals surface area contributed by atoms with Gasteiger partial charge in [0.1, 0.15) is 6.54 Å². The molecule has 0 saturated heterocycles. The molecule has 0 rings (SSSR count). The van der Waals surface area contributed by atoms with E-state index in [4.69, 9.17) is 9.84 Å². The van der Waals surface area contributed by atoms with Crippen LogP contribution in [-0.4, -0.2) is 61.5 Å². The van der Waals surface area contributed by atoms with Crippen molar-refractivity contribution in [2.75, 3.05) is 26.3 Å². The van der Waals surface area contributed by atoms with Gasteiger partial charge in [-0.2, -0.15) is 17.5 Å². The number of ether oxygens (including phenoxy) is 1. The third-order valence-corrected chi connectivity index (χ3v) is 4.54. The molecule has 20 heavy (non-hydrogen) atoms. The summed E-state index contributed by atoms with van der Waals surface area (Å²) in [4.78, 5) is 10.7. The van der Waals surface area contributed by atoms with E-state index in [0.29, 0.717) is 6.61 Å². The second kappa shape index (κ2) is 7.79. The Hall–Kier alpha value is -0.870. The third-order valence-electron chi connectivity index (χ3n) is 2.41. The summed E-state index contributed by atoms with van der Waals surface area (Å²) in [6.45, 7) is 0.832. The molecule has 1 unspecified atom stereocenters. The summed E-state index contributed by atoms with van der Waals surface area (Å²) in [6.07, 6.45) is -4.69. The van der Waals surface area contributed by atoms with E-state index < -0.39 is 40.5 Å². The van der Waals surface area contributed by atoms with Gasteiger partial charge in [-0.1, -0.05) is 0 Å². The summed E-state index contributed by atoms with van der Waals surface area (Å²) in [7, 11) is -4.56. The van der Waals surface area contributed by atoms with Gasteiger partial charge < -0.3 is 9.84 Å². The molecule has 120 valence electrons. The smallest absolute Gasteiger partial charge is 0.402 e. The van der Waals surface area contributed by atoms with Gasteiger partial charge in [-0.05, 0) is 20.3 Å². The number of hydrogen-bond donors (Lipinski definition) is 1. The molecule has 0 amide bonds. The van der Waals surface area contributed by atoms with Crippen LogP contribution in [0.15, 0.2) is 0 Å². The first-order chi connectivity index (χ1) is 9.02. The van der Waals surface area contributed by atoms with Gasteiger partial charge in [-0.15, -0.1) is 0 Å². The lowest BCUT2D eigenvalue weighted by Gasteiger charge is -2.25. The summed E-state index contributed by atoms with van der Waals surface area (Å²) in [5, 5.41) is 6.73. The second-order valence-electron chi connectivity index (χ2n) is 4.02. The van der Waals surface area contributed by atoms with Crippen LogP contribution in [0.5, 0.6) is 0 Å². The summed E-state index contributed by atoms with van der Waals surface area (Å²) < 4.78 is 65.9. The number of halogens is 3. The number of rotatable bonds is 9. The lowest BCUT2D eigenvalue weighted by molar-refractivity contribution is -0.139. The van der Waals surface area contributed by atoms with Gasteiger partial charge in [0, 0.05) is 19.8 Å². The molecule has 0 bridgehead atoms. The predicted octanol–water partition coefficient (Wildman–Crippen LogP) is 1.08. The molecule has 0 aromatic rings. The third kappa shape index (κ3) is 6.53. The number of carboxylic acid groups (broad SMARTS) is 1. The monoisotopic (exact) mass is 321 g/mol. The minimum atomic E-state index is -4.74. The number of carboxylic acids is 1. The van der Waals surface area contributed by atoms with Gasteiger partial charge in [0.2, 0.25) is 10.0 Å². The highest BCUT2D eigenvalue weighted by Gasteiger charge is 2.40. The van der Waals surface area contributed by atoms with E-state index in [1.54, 1.807) is 6.92 Å². The van der Waals surface area contributed by atoms with E-state index >= 15 is 0 Å². The molecule has 10 heteroatoms. The van der Waals surface area contributed by atoms with Crippen molar-refractivity contribution in [2.24, 2.45) is 0 Å². The van der Waals surface area contributed by atoms with Crippen LogP contribution in [0.3, 0.4) is 0 Å². The number of hydrogen-bond acceptors (Lipinski definition) is 4. The van der Waals surface area contributed by atoms with E-state index in [0.717, 1.165) is 6.92 Å².